The Morgan fingerprint density at radius 1 is 1.29 bits per heavy atom. The quantitative estimate of drug-likeness (QED) is 0.910. The van der Waals surface area contributed by atoms with Gasteiger partial charge in [-0.1, -0.05) is 18.2 Å². The average Bonchev–Trinajstić information content (AvgIpc) is 2.91. The zero-order valence-corrected chi connectivity index (χ0v) is 11.6. The zero-order valence-electron chi connectivity index (χ0n) is 11.6. The molecule has 0 aliphatic carbocycles. The van der Waals surface area contributed by atoms with E-state index >= 15 is 0 Å². The molecule has 21 heavy (non-hydrogen) atoms. The molecule has 108 valence electrons. The lowest BCUT2D eigenvalue weighted by atomic mass is 9.90. The third-order valence-electron chi connectivity index (χ3n) is 3.83. The van der Waals surface area contributed by atoms with Crippen LogP contribution >= 0.6 is 0 Å². The van der Waals surface area contributed by atoms with Crippen LogP contribution in [0.1, 0.15) is 28.4 Å². The van der Waals surface area contributed by atoms with Gasteiger partial charge in [-0.05, 0) is 24.1 Å². The van der Waals surface area contributed by atoms with Gasteiger partial charge in [0.1, 0.15) is 5.69 Å². The van der Waals surface area contributed by atoms with Gasteiger partial charge in [0.25, 0.3) is 5.91 Å². The van der Waals surface area contributed by atoms with Gasteiger partial charge in [-0.15, -0.1) is 0 Å². The molecule has 2 aromatic rings. The van der Waals surface area contributed by atoms with E-state index in [1.807, 2.05) is 6.07 Å². The molecule has 0 bridgehead atoms. The van der Waals surface area contributed by atoms with Crippen molar-refractivity contribution >= 4 is 17.6 Å². The molecule has 0 saturated heterocycles. The Balaban J connectivity index is 2.02. The maximum absolute atomic E-state index is 12.6. The summed E-state index contributed by atoms with van der Waals surface area (Å²) in [5, 5.41) is 13.3. The van der Waals surface area contributed by atoms with E-state index in [4.69, 9.17) is 0 Å². The molecule has 1 aromatic carbocycles. The first-order chi connectivity index (χ1) is 10.1. The topological polar surface area (TPSA) is 75.4 Å². The number of carbonyl (C=O) groups is 2. The number of nitrogens with zero attached hydrogens (tertiary/aromatic N) is 3. The molecule has 1 aliphatic heterocycles. The van der Waals surface area contributed by atoms with Crippen molar-refractivity contribution in [1.82, 2.24) is 9.78 Å². The summed E-state index contributed by atoms with van der Waals surface area (Å²) >= 11 is 0. The molecule has 0 radical (unpaired) electrons. The van der Waals surface area contributed by atoms with Crippen molar-refractivity contribution in [2.75, 3.05) is 11.4 Å². The molecule has 2 heterocycles. The van der Waals surface area contributed by atoms with Crippen molar-refractivity contribution in [3.05, 3.63) is 47.8 Å². The Kier molecular flexibility index (Phi) is 3.21. The number of amides is 1. The summed E-state index contributed by atoms with van der Waals surface area (Å²) in [5.41, 5.74) is 1.84. The minimum atomic E-state index is -0.852. The highest BCUT2D eigenvalue weighted by Crippen LogP contribution is 2.35. The number of anilines is 1. The van der Waals surface area contributed by atoms with Crippen LogP contribution in [0, 0.1) is 0 Å². The van der Waals surface area contributed by atoms with E-state index in [0.29, 0.717) is 29.9 Å². The molecule has 0 fully saturated rings. The standard InChI is InChI=1S/C15H15N3O3/c1-17-13(6-8-16-17)14(19)18-9-7-11(15(20)21)10-4-2-3-5-12(10)18/h2-6,8,11H,7,9H2,1H3,(H,20,21). The van der Waals surface area contributed by atoms with Gasteiger partial charge in [-0.3, -0.25) is 14.3 Å². The van der Waals surface area contributed by atoms with Gasteiger partial charge in [0.15, 0.2) is 0 Å². The van der Waals surface area contributed by atoms with E-state index in [1.165, 1.54) is 4.68 Å². The maximum atomic E-state index is 12.6. The monoisotopic (exact) mass is 285 g/mol. The lowest BCUT2D eigenvalue weighted by Gasteiger charge is -2.32. The first kappa shape index (κ1) is 13.4. The van der Waals surface area contributed by atoms with Gasteiger partial charge in [0.05, 0.1) is 5.92 Å². The average molecular weight is 285 g/mol. The minimum absolute atomic E-state index is 0.161. The second-order valence-corrected chi connectivity index (χ2v) is 5.04. The fraction of sp³-hybridized carbons (Fsp3) is 0.267. The number of carboxylic acids is 1. The molecule has 1 aliphatic rings. The Morgan fingerprint density at radius 3 is 2.71 bits per heavy atom. The Morgan fingerprint density at radius 2 is 2.05 bits per heavy atom. The van der Waals surface area contributed by atoms with Crippen molar-refractivity contribution < 1.29 is 14.7 Å². The zero-order chi connectivity index (χ0) is 15.0. The fourth-order valence-electron chi connectivity index (χ4n) is 2.75. The minimum Gasteiger partial charge on any atom is -0.481 e. The lowest BCUT2D eigenvalue weighted by molar-refractivity contribution is -0.139. The fourth-order valence-corrected chi connectivity index (χ4v) is 2.75. The summed E-state index contributed by atoms with van der Waals surface area (Å²) in [7, 11) is 1.71. The first-order valence-electron chi connectivity index (χ1n) is 6.71. The molecular formula is C15H15N3O3. The van der Waals surface area contributed by atoms with E-state index in [9.17, 15) is 14.7 Å². The highest BCUT2D eigenvalue weighted by Gasteiger charge is 2.33. The van der Waals surface area contributed by atoms with E-state index < -0.39 is 11.9 Å². The van der Waals surface area contributed by atoms with Crippen molar-refractivity contribution in [3.63, 3.8) is 0 Å². The molecule has 1 unspecified atom stereocenters. The number of fused-ring (bicyclic) bond motifs is 1. The van der Waals surface area contributed by atoms with Gasteiger partial charge in [0.2, 0.25) is 0 Å². The number of aryl methyl sites for hydroxylation is 1. The van der Waals surface area contributed by atoms with Crippen LogP contribution < -0.4 is 4.90 Å². The normalized spacial score (nSPS) is 17.4. The number of carbonyl (C=O) groups excluding carboxylic acids is 1. The second-order valence-electron chi connectivity index (χ2n) is 5.04. The smallest absolute Gasteiger partial charge is 0.311 e. The van der Waals surface area contributed by atoms with Crippen LogP contribution in [-0.4, -0.2) is 33.3 Å². The number of aromatic nitrogens is 2. The summed E-state index contributed by atoms with van der Waals surface area (Å²) in [4.78, 5) is 25.6. The van der Waals surface area contributed by atoms with E-state index in [0.717, 1.165) is 0 Å². The van der Waals surface area contributed by atoms with Gasteiger partial charge in [-0.25, -0.2) is 0 Å². The number of carboxylic acid groups (broad SMARTS) is 1. The Bertz CT molecular complexity index is 708. The summed E-state index contributed by atoms with van der Waals surface area (Å²) in [6, 6.07) is 8.84. The number of aliphatic carboxylic acids is 1. The van der Waals surface area contributed by atoms with Crippen molar-refractivity contribution in [2.45, 2.75) is 12.3 Å². The van der Waals surface area contributed by atoms with Crippen LogP contribution in [0.5, 0.6) is 0 Å². The van der Waals surface area contributed by atoms with Crippen LogP contribution in [0.25, 0.3) is 0 Å². The lowest BCUT2D eigenvalue weighted by Crippen LogP contribution is -2.39. The molecule has 0 spiro atoms. The summed E-state index contributed by atoms with van der Waals surface area (Å²) in [5.74, 6) is -1.57. The number of hydrogen-bond donors (Lipinski definition) is 1. The number of hydrogen-bond acceptors (Lipinski definition) is 3. The molecule has 0 saturated carbocycles. The number of para-hydroxylation sites is 1. The van der Waals surface area contributed by atoms with Gasteiger partial charge < -0.3 is 10.0 Å². The Labute approximate surface area is 121 Å². The first-order valence-corrected chi connectivity index (χ1v) is 6.71. The molecule has 6 nitrogen and oxygen atoms in total. The van der Waals surface area contributed by atoms with E-state index in [1.54, 1.807) is 42.4 Å². The molecular weight excluding hydrogens is 270 g/mol. The van der Waals surface area contributed by atoms with Crippen molar-refractivity contribution in [1.29, 1.82) is 0 Å². The van der Waals surface area contributed by atoms with Gasteiger partial charge >= 0.3 is 5.97 Å². The highest BCUT2D eigenvalue weighted by atomic mass is 16.4. The van der Waals surface area contributed by atoms with Gasteiger partial charge in [-0.2, -0.15) is 5.10 Å². The third-order valence-corrected chi connectivity index (χ3v) is 3.83. The molecule has 1 aromatic heterocycles. The SMILES string of the molecule is Cn1nccc1C(=O)N1CCC(C(=O)O)c2ccccc21. The third kappa shape index (κ3) is 2.18. The molecule has 1 amide bonds. The van der Waals surface area contributed by atoms with Crippen LogP contribution in [0.3, 0.4) is 0 Å². The molecule has 6 heteroatoms. The predicted octanol–water partition coefficient (Wildman–Crippen LogP) is 1.64. The van der Waals surface area contributed by atoms with E-state index in [-0.39, 0.29) is 5.91 Å². The second kappa shape index (κ2) is 5.05. The van der Waals surface area contributed by atoms with Crippen LogP contribution in [0.4, 0.5) is 5.69 Å². The van der Waals surface area contributed by atoms with Crippen molar-refractivity contribution in [3.8, 4) is 0 Å². The number of benzene rings is 1. The van der Waals surface area contributed by atoms with Crippen LogP contribution in [0.15, 0.2) is 36.5 Å². The Hall–Kier alpha value is -2.63. The summed E-state index contributed by atoms with van der Waals surface area (Å²) < 4.78 is 1.52. The van der Waals surface area contributed by atoms with Crippen LogP contribution in [-0.2, 0) is 11.8 Å². The van der Waals surface area contributed by atoms with Crippen LogP contribution in [0.2, 0.25) is 0 Å². The molecule has 1 N–H and O–H groups in total. The van der Waals surface area contributed by atoms with Gasteiger partial charge in [0, 0.05) is 25.5 Å². The largest absolute Gasteiger partial charge is 0.481 e. The maximum Gasteiger partial charge on any atom is 0.311 e. The summed E-state index contributed by atoms with van der Waals surface area (Å²) in [6.07, 6.45) is 1.99. The van der Waals surface area contributed by atoms with E-state index in [2.05, 4.69) is 5.10 Å². The summed E-state index contributed by atoms with van der Waals surface area (Å²) in [6.45, 7) is 0.387. The molecule has 3 rings (SSSR count). The molecule has 1 atom stereocenters. The predicted molar refractivity (Wildman–Crippen MR) is 76.3 cm³/mol. The number of rotatable bonds is 2. The highest BCUT2D eigenvalue weighted by molar-refractivity contribution is 6.06. The van der Waals surface area contributed by atoms with Crippen molar-refractivity contribution in [2.24, 2.45) is 7.05 Å².